The third-order valence-electron chi connectivity index (χ3n) is 1.40. The molecule has 0 aromatic heterocycles. The predicted octanol–water partition coefficient (Wildman–Crippen LogP) is -0.208. The quantitative estimate of drug-likeness (QED) is 0.577. The first kappa shape index (κ1) is 11.8. The molecular weight excluding hydrogens is 213 g/mol. The number of hydrogen-bond donors (Lipinski definition) is 0. The van der Waals surface area contributed by atoms with Crippen LogP contribution in [-0.2, 0) is 0 Å². The molecule has 0 saturated carbocycles. The summed E-state index contributed by atoms with van der Waals surface area (Å²) in [6.07, 6.45) is 0. The first-order chi connectivity index (χ1) is 4.70. The van der Waals surface area contributed by atoms with E-state index in [9.17, 15) is 4.39 Å². The van der Waals surface area contributed by atoms with Crippen LogP contribution >= 0.6 is 0 Å². The Bertz CT molecular complexity index is 221. The van der Waals surface area contributed by atoms with Gasteiger partial charge in [0.1, 0.15) is 0 Å². The summed E-state index contributed by atoms with van der Waals surface area (Å²) >= 11 is 0. The van der Waals surface area contributed by atoms with E-state index in [0.717, 1.165) is 11.5 Å². The third-order valence-corrected chi connectivity index (χ3v) is 1.40. The van der Waals surface area contributed by atoms with E-state index in [4.69, 9.17) is 0 Å². The minimum absolute atomic E-state index is 0. The minimum atomic E-state index is -0.168. The zero-order valence-corrected chi connectivity index (χ0v) is 12.1. The molecule has 0 bridgehead atoms. The summed E-state index contributed by atoms with van der Waals surface area (Å²) < 4.78 is 12.5. The van der Waals surface area contributed by atoms with E-state index in [0.29, 0.717) is 0 Å². The molecule has 1 rings (SSSR count). The molecule has 0 aliphatic carbocycles. The smallest absolute Gasteiger partial charge is 0.222 e. The SMILES string of the molecule is C[C-](C)c1cccc(F)c1.[Rb+]. The molecule has 0 atom stereocenters. The predicted molar refractivity (Wildman–Crippen MR) is 40.1 cm³/mol. The largest absolute Gasteiger partial charge is 1.00 e. The van der Waals surface area contributed by atoms with Crippen LogP contribution in [-0.4, -0.2) is 0 Å². The fourth-order valence-electron chi connectivity index (χ4n) is 0.799. The van der Waals surface area contributed by atoms with Crippen molar-refractivity contribution in [1.82, 2.24) is 0 Å². The van der Waals surface area contributed by atoms with Crippen LogP contribution in [0.25, 0.3) is 0 Å². The van der Waals surface area contributed by atoms with Crippen molar-refractivity contribution >= 4 is 0 Å². The molecule has 0 amide bonds. The molecule has 0 aliphatic rings. The average molecular weight is 223 g/mol. The van der Waals surface area contributed by atoms with Gasteiger partial charge in [0.25, 0.3) is 0 Å². The molecule has 0 N–H and O–H groups in total. The summed E-state index contributed by atoms with van der Waals surface area (Å²) in [4.78, 5) is 0. The number of rotatable bonds is 1. The van der Waals surface area contributed by atoms with Gasteiger partial charge in [-0.2, -0.15) is 17.5 Å². The molecule has 0 aliphatic heterocycles. The summed E-state index contributed by atoms with van der Waals surface area (Å²) in [5.74, 6) is 0.971. The Morgan fingerprint density at radius 3 is 2.27 bits per heavy atom. The molecule has 0 radical (unpaired) electrons. The Labute approximate surface area is 116 Å². The number of benzene rings is 1. The number of hydrogen-bond acceptors (Lipinski definition) is 0. The van der Waals surface area contributed by atoms with Gasteiger partial charge in [0, 0.05) is 0 Å². The van der Waals surface area contributed by atoms with Crippen LogP contribution in [0.5, 0.6) is 0 Å². The average Bonchev–Trinajstić information content (AvgIpc) is 1.88. The van der Waals surface area contributed by atoms with Gasteiger partial charge in [-0.25, -0.2) is 4.39 Å². The second-order valence-electron chi connectivity index (χ2n) is 2.51. The summed E-state index contributed by atoms with van der Waals surface area (Å²) in [7, 11) is 0. The summed E-state index contributed by atoms with van der Waals surface area (Å²) in [5.41, 5.74) is 0.972. The standard InChI is InChI=1S/C9H10F.Rb/c1-7(2)8-4-3-5-9(10)6-8;/h3-6H,1-2H3;/q-1;+1. The second-order valence-corrected chi connectivity index (χ2v) is 2.51. The molecule has 1 aromatic carbocycles. The monoisotopic (exact) mass is 222 g/mol. The molecular formula is C9H10FRb. The van der Waals surface area contributed by atoms with Crippen molar-refractivity contribution in [1.29, 1.82) is 0 Å². The van der Waals surface area contributed by atoms with E-state index in [-0.39, 0.29) is 64.0 Å². The Kier molecular flexibility index (Phi) is 5.88. The van der Waals surface area contributed by atoms with E-state index in [1.54, 1.807) is 6.07 Å². The van der Waals surface area contributed by atoms with Gasteiger partial charge in [-0.05, 0) is 0 Å². The molecule has 2 heteroatoms. The van der Waals surface area contributed by atoms with Gasteiger partial charge in [0.05, 0.1) is 5.82 Å². The maximum absolute atomic E-state index is 12.5. The van der Waals surface area contributed by atoms with Crippen molar-refractivity contribution in [3.05, 3.63) is 41.6 Å². The summed E-state index contributed by atoms with van der Waals surface area (Å²) in [6.45, 7) is 3.93. The van der Waals surface area contributed by atoms with Crippen molar-refractivity contribution in [3.8, 4) is 0 Å². The summed E-state index contributed by atoms with van der Waals surface area (Å²) in [5, 5.41) is 0. The van der Waals surface area contributed by atoms with Gasteiger partial charge in [0.15, 0.2) is 0 Å². The Balaban J connectivity index is 0.000001000. The molecule has 1 aromatic rings. The molecule has 0 fully saturated rings. The van der Waals surface area contributed by atoms with Gasteiger partial charge >= 0.3 is 58.2 Å². The Morgan fingerprint density at radius 2 is 1.91 bits per heavy atom. The van der Waals surface area contributed by atoms with Crippen LogP contribution in [0.3, 0.4) is 0 Å². The molecule has 11 heavy (non-hydrogen) atoms. The maximum Gasteiger partial charge on any atom is 1.00 e. The van der Waals surface area contributed by atoms with Crippen LogP contribution in [0.1, 0.15) is 19.4 Å². The fourth-order valence-corrected chi connectivity index (χ4v) is 0.799. The Hall–Kier alpha value is 0.825. The van der Waals surface area contributed by atoms with E-state index in [1.165, 1.54) is 12.1 Å². The van der Waals surface area contributed by atoms with Crippen molar-refractivity contribution in [2.45, 2.75) is 13.8 Å². The second kappa shape index (κ2) is 5.47. The van der Waals surface area contributed by atoms with E-state index >= 15 is 0 Å². The van der Waals surface area contributed by atoms with E-state index < -0.39 is 0 Å². The van der Waals surface area contributed by atoms with Crippen LogP contribution in [0.2, 0.25) is 0 Å². The Morgan fingerprint density at radius 1 is 1.27 bits per heavy atom. The van der Waals surface area contributed by atoms with Crippen LogP contribution < -0.4 is 58.2 Å². The minimum Gasteiger partial charge on any atom is -0.222 e. The van der Waals surface area contributed by atoms with E-state index in [2.05, 4.69) is 0 Å². The van der Waals surface area contributed by atoms with Gasteiger partial charge < -0.3 is 0 Å². The topological polar surface area (TPSA) is 0 Å². The molecule has 54 valence electrons. The maximum atomic E-state index is 12.5. The van der Waals surface area contributed by atoms with Crippen molar-refractivity contribution in [3.63, 3.8) is 0 Å². The van der Waals surface area contributed by atoms with E-state index in [1.807, 2.05) is 19.9 Å². The van der Waals surface area contributed by atoms with Gasteiger partial charge in [-0.15, -0.1) is 12.1 Å². The van der Waals surface area contributed by atoms with Crippen LogP contribution in [0, 0.1) is 11.7 Å². The zero-order chi connectivity index (χ0) is 7.56. The first-order valence-corrected chi connectivity index (χ1v) is 3.26. The molecule has 0 heterocycles. The molecule has 0 saturated heterocycles. The zero-order valence-electron chi connectivity index (χ0n) is 7.19. The molecule has 0 nitrogen and oxygen atoms in total. The van der Waals surface area contributed by atoms with Gasteiger partial charge in [-0.3, -0.25) is 0 Å². The van der Waals surface area contributed by atoms with Crippen molar-refractivity contribution < 1.29 is 62.6 Å². The van der Waals surface area contributed by atoms with Crippen molar-refractivity contribution in [2.24, 2.45) is 0 Å². The molecule has 0 spiro atoms. The van der Waals surface area contributed by atoms with Crippen molar-refractivity contribution in [2.75, 3.05) is 0 Å². The summed E-state index contributed by atoms with van der Waals surface area (Å²) in [6, 6.07) is 6.61. The van der Waals surface area contributed by atoms with Gasteiger partial charge in [0.2, 0.25) is 0 Å². The fraction of sp³-hybridized carbons (Fsp3) is 0.222. The number of halogens is 1. The van der Waals surface area contributed by atoms with Crippen LogP contribution in [0.4, 0.5) is 4.39 Å². The first-order valence-electron chi connectivity index (χ1n) is 3.26. The third kappa shape index (κ3) is 3.84. The van der Waals surface area contributed by atoms with Gasteiger partial charge in [-0.1, -0.05) is 19.9 Å². The molecule has 0 unspecified atom stereocenters. The van der Waals surface area contributed by atoms with Crippen LogP contribution in [0.15, 0.2) is 24.3 Å². The normalized spacial score (nSPS) is 8.64.